The van der Waals surface area contributed by atoms with E-state index in [0.717, 1.165) is 11.8 Å². The number of rotatable bonds is 3. The van der Waals surface area contributed by atoms with Crippen LogP contribution in [0.1, 0.15) is 28.8 Å². The van der Waals surface area contributed by atoms with Crippen LogP contribution in [0.15, 0.2) is 24.3 Å². The SMILES string of the molecule is Cc1ccc(C(=O)N2CCN(C(=O)C3(S(C)(=O)=O)CCNCC3)CC2)cc1. The number of carbonyl (C=O) groups excluding carboxylic acids is 2. The lowest BCUT2D eigenvalue weighted by Crippen LogP contribution is -2.61. The van der Waals surface area contributed by atoms with E-state index in [1.54, 1.807) is 9.80 Å². The van der Waals surface area contributed by atoms with Gasteiger partial charge in [0.25, 0.3) is 5.91 Å². The van der Waals surface area contributed by atoms with Crippen LogP contribution >= 0.6 is 0 Å². The van der Waals surface area contributed by atoms with Crippen LogP contribution in [0.25, 0.3) is 0 Å². The molecular formula is C19H27N3O4S. The Hall–Kier alpha value is -1.93. The number of piperidine rings is 1. The number of aryl methyl sites for hydroxylation is 1. The number of sulfone groups is 1. The fraction of sp³-hybridized carbons (Fsp3) is 0.579. The Bertz CT molecular complexity index is 806. The van der Waals surface area contributed by atoms with Gasteiger partial charge < -0.3 is 15.1 Å². The van der Waals surface area contributed by atoms with Crippen molar-refractivity contribution in [1.82, 2.24) is 15.1 Å². The van der Waals surface area contributed by atoms with Gasteiger partial charge in [-0.3, -0.25) is 9.59 Å². The second kappa shape index (κ2) is 7.59. The van der Waals surface area contributed by atoms with Gasteiger partial charge in [0.2, 0.25) is 5.91 Å². The summed E-state index contributed by atoms with van der Waals surface area (Å²) in [7, 11) is -3.52. The maximum absolute atomic E-state index is 13.1. The van der Waals surface area contributed by atoms with Gasteiger partial charge in [0.1, 0.15) is 0 Å². The van der Waals surface area contributed by atoms with E-state index in [1.165, 1.54) is 0 Å². The van der Waals surface area contributed by atoms with Crippen LogP contribution in [0.4, 0.5) is 0 Å². The van der Waals surface area contributed by atoms with Crippen LogP contribution in [-0.2, 0) is 14.6 Å². The summed E-state index contributed by atoms with van der Waals surface area (Å²) < 4.78 is 23.5. The van der Waals surface area contributed by atoms with Crippen LogP contribution in [0.3, 0.4) is 0 Å². The topological polar surface area (TPSA) is 86.8 Å². The zero-order chi connectivity index (χ0) is 19.7. The summed E-state index contributed by atoms with van der Waals surface area (Å²) in [5.41, 5.74) is 1.72. The predicted molar refractivity (Wildman–Crippen MR) is 103 cm³/mol. The van der Waals surface area contributed by atoms with Crippen molar-refractivity contribution in [3.05, 3.63) is 35.4 Å². The molecule has 2 saturated heterocycles. The van der Waals surface area contributed by atoms with E-state index in [1.807, 2.05) is 31.2 Å². The maximum Gasteiger partial charge on any atom is 0.253 e. The number of carbonyl (C=O) groups is 2. The monoisotopic (exact) mass is 393 g/mol. The van der Waals surface area contributed by atoms with Crippen molar-refractivity contribution in [1.29, 1.82) is 0 Å². The third-order valence-corrected chi connectivity index (χ3v) is 7.67. The van der Waals surface area contributed by atoms with Gasteiger partial charge in [-0.2, -0.15) is 0 Å². The third-order valence-electron chi connectivity index (χ3n) is 5.66. The number of amides is 2. The molecule has 3 rings (SSSR count). The Morgan fingerprint density at radius 2 is 1.48 bits per heavy atom. The molecule has 0 atom stereocenters. The smallest absolute Gasteiger partial charge is 0.253 e. The molecule has 1 N–H and O–H groups in total. The normalized spacial score (nSPS) is 20.4. The first-order chi connectivity index (χ1) is 12.7. The molecule has 2 fully saturated rings. The minimum absolute atomic E-state index is 0.0539. The highest BCUT2D eigenvalue weighted by Gasteiger charge is 2.50. The Morgan fingerprint density at radius 1 is 0.963 bits per heavy atom. The van der Waals surface area contributed by atoms with Crippen molar-refractivity contribution in [2.45, 2.75) is 24.5 Å². The first-order valence-electron chi connectivity index (χ1n) is 9.30. The van der Waals surface area contributed by atoms with Crippen molar-refractivity contribution in [2.24, 2.45) is 0 Å². The van der Waals surface area contributed by atoms with E-state index < -0.39 is 14.6 Å². The summed E-state index contributed by atoms with van der Waals surface area (Å²) in [4.78, 5) is 29.1. The Kier molecular flexibility index (Phi) is 5.58. The van der Waals surface area contributed by atoms with E-state index in [0.29, 0.717) is 57.7 Å². The van der Waals surface area contributed by atoms with Crippen LogP contribution in [0.5, 0.6) is 0 Å². The average molecular weight is 394 g/mol. The van der Waals surface area contributed by atoms with Gasteiger partial charge >= 0.3 is 0 Å². The standard InChI is InChI=1S/C19H27N3O4S/c1-15-3-5-16(6-4-15)17(23)21-11-13-22(14-12-21)18(24)19(27(2,25)26)7-9-20-10-8-19/h3-6,20H,7-14H2,1-2H3. The molecule has 1 aromatic rings. The third kappa shape index (κ3) is 3.87. The molecule has 0 saturated carbocycles. The summed E-state index contributed by atoms with van der Waals surface area (Å²) in [6.45, 7) is 4.56. The molecule has 0 aliphatic carbocycles. The minimum Gasteiger partial charge on any atom is -0.338 e. The van der Waals surface area contributed by atoms with Gasteiger partial charge in [-0.15, -0.1) is 0 Å². The van der Waals surface area contributed by atoms with Crippen molar-refractivity contribution < 1.29 is 18.0 Å². The molecule has 1 aromatic carbocycles. The van der Waals surface area contributed by atoms with Crippen molar-refractivity contribution in [2.75, 3.05) is 45.5 Å². The van der Waals surface area contributed by atoms with Gasteiger partial charge in [-0.25, -0.2) is 8.42 Å². The predicted octanol–water partition coefficient (Wildman–Crippen LogP) is 0.446. The summed E-state index contributed by atoms with van der Waals surface area (Å²) in [6, 6.07) is 7.42. The van der Waals surface area contributed by atoms with Crippen LogP contribution in [0, 0.1) is 6.92 Å². The molecule has 0 bridgehead atoms. The average Bonchev–Trinajstić information content (AvgIpc) is 2.67. The van der Waals surface area contributed by atoms with E-state index >= 15 is 0 Å². The zero-order valence-electron chi connectivity index (χ0n) is 15.9. The zero-order valence-corrected chi connectivity index (χ0v) is 16.7. The lowest BCUT2D eigenvalue weighted by atomic mass is 9.94. The van der Waals surface area contributed by atoms with Crippen molar-refractivity contribution in [3.8, 4) is 0 Å². The highest BCUT2D eigenvalue weighted by atomic mass is 32.2. The molecule has 27 heavy (non-hydrogen) atoms. The van der Waals surface area contributed by atoms with Crippen LogP contribution < -0.4 is 5.32 Å². The van der Waals surface area contributed by atoms with Gasteiger partial charge in [-0.1, -0.05) is 17.7 Å². The number of hydrogen-bond acceptors (Lipinski definition) is 5. The molecule has 2 aliphatic rings. The Labute approximate surface area is 160 Å². The van der Waals surface area contributed by atoms with Gasteiger partial charge in [0.05, 0.1) is 0 Å². The van der Waals surface area contributed by atoms with Crippen LogP contribution in [0.2, 0.25) is 0 Å². The minimum atomic E-state index is -3.52. The fourth-order valence-electron chi connectivity index (χ4n) is 3.85. The first-order valence-corrected chi connectivity index (χ1v) is 11.2. The number of hydrogen-bond donors (Lipinski definition) is 1. The number of nitrogens with zero attached hydrogens (tertiary/aromatic N) is 2. The molecule has 0 spiro atoms. The Morgan fingerprint density at radius 3 is 2.00 bits per heavy atom. The molecule has 8 heteroatoms. The highest BCUT2D eigenvalue weighted by Crippen LogP contribution is 2.30. The van der Waals surface area contributed by atoms with Crippen molar-refractivity contribution >= 4 is 21.7 Å². The van der Waals surface area contributed by atoms with Gasteiger partial charge in [0, 0.05) is 38.0 Å². The molecule has 7 nitrogen and oxygen atoms in total. The Balaban J connectivity index is 1.68. The molecule has 2 amide bonds. The summed E-state index contributed by atoms with van der Waals surface area (Å²) in [5, 5.41) is 3.13. The van der Waals surface area contributed by atoms with Crippen LogP contribution in [-0.4, -0.2) is 80.3 Å². The molecular weight excluding hydrogens is 366 g/mol. The summed E-state index contributed by atoms with van der Waals surface area (Å²) in [6.07, 6.45) is 1.76. The quantitative estimate of drug-likeness (QED) is 0.806. The van der Waals surface area contributed by atoms with E-state index in [4.69, 9.17) is 0 Å². The largest absolute Gasteiger partial charge is 0.338 e. The number of piperazine rings is 1. The summed E-state index contributed by atoms with van der Waals surface area (Å²) >= 11 is 0. The van der Waals surface area contributed by atoms with Gasteiger partial charge in [0.15, 0.2) is 14.6 Å². The van der Waals surface area contributed by atoms with E-state index in [-0.39, 0.29) is 11.8 Å². The molecule has 2 aliphatic heterocycles. The molecule has 0 aromatic heterocycles. The van der Waals surface area contributed by atoms with E-state index in [2.05, 4.69) is 5.32 Å². The first kappa shape index (κ1) is 19.8. The lowest BCUT2D eigenvalue weighted by molar-refractivity contribution is -0.136. The molecule has 0 radical (unpaired) electrons. The second-order valence-corrected chi connectivity index (χ2v) is 9.79. The molecule has 0 unspecified atom stereocenters. The summed E-state index contributed by atoms with van der Waals surface area (Å²) in [5.74, 6) is -0.365. The number of benzene rings is 1. The van der Waals surface area contributed by atoms with Crippen molar-refractivity contribution in [3.63, 3.8) is 0 Å². The lowest BCUT2D eigenvalue weighted by Gasteiger charge is -2.42. The number of nitrogens with one attached hydrogen (secondary N) is 1. The van der Waals surface area contributed by atoms with Gasteiger partial charge in [-0.05, 0) is 45.0 Å². The maximum atomic E-state index is 13.1. The highest BCUT2D eigenvalue weighted by molar-refractivity contribution is 7.92. The molecule has 148 valence electrons. The molecule has 2 heterocycles. The second-order valence-electron chi connectivity index (χ2n) is 7.47. The van der Waals surface area contributed by atoms with E-state index in [9.17, 15) is 18.0 Å². The fourth-order valence-corrected chi connectivity index (χ4v) is 5.25.